The van der Waals surface area contributed by atoms with Crippen molar-refractivity contribution >= 4 is 5.97 Å². The number of aliphatic carboxylic acids is 1. The smallest absolute Gasteiger partial charge is 0.313 e. The summed E-state index contributed by atoms with van der Waals surface area (Å²) in [7, 11) is 2.93. The van der Waals surface area contributed by atoms with E-state index in [1.54, 1.807) is 6.07 Å². The lowest BCUT2D eigenvalue weighted by Crippen LogP contribution is -2.55. The van der Waals surface area contributed by atoms with Crippen molar-refractivity contribution in [1.82, 2.24) is 4.90 Å². The third-order valence-corrected chi connectivity index (χ3v) is 5.40. The number of aliphatic hydroxyl groups is 1. The summed E-state index contributed by atoms with van der Waals surface area (Å²) in [6.07, 6.45) is 0.549. The lowest BCUT2D eigenvalue weighted by atomic mass is 9.72. The van der Waals surface area contributed by atoms with E-state index >= 15 is 0 Å². The summed E-state index contributed by atoms with van der Waals surface area (Å²) in [4.78, 5) is 13.9. The minimum absolute atomic E-state index is 0.185. The fourth-order valence-corrected chi connectivity index (χ4v) is 3.67. The maximum absolute atomic E-state index is 14.5. The van der Waals surface area contributed by atoms with Gasteiger partial charge in [0.25, 0.3) is 0 Å². The van der Waals surface area contributed by atoms with Gasteiger partial charge >= 0.3 is 5.97 Å². The van der Waals surface area contributed by atoms with E-state index in [2.05, 4.69) is 0 Å². The molecule has 1 fully saturated rings. The molecule has 6 nitrogen and oxygen atoms in total. The highest BCUT2D eigenvalue weighted by molar-refractivity contribution is 5.76. The summed E-state index contributed by atoms with van der Waals surface area (Å²) in [5.74, 6) is -0.345. The number of carboxylic acid groups (broad SMARTS) is 1. The van der Waals surface area contributed by atoms with Crippen molar-refractivity contribution in [2.75, 3.05) is 27.3 Å². The third-order valence-electron chi connectivity index (χ3n) is 5.40. The molecule has 0 saturated carbocycles. The molecule has 0 bridgehead atoms. The van der Waals surface area contributed by atoms with Crippen molar-refractivity contribution in [3.05, 3.63) is 23.5 Å². The first-order valence-corrected chi connectivity index (χ1v) is 9.27. The second-order valence-corrected chi connectivity index (χ2v) is 7.71. The molecule has 7 heteroatoms. The van der Waals surface area contributed by atoms with Gasteiger partial charge in [-0.15, -0.1) is 0 Å². The molecule has 1 heterocycles. The van der Waals surface area contributed by atoms with Crippen LogP contribution in [-0.2, 0) is 11.3 Å². The van der Waals surface area contributed by atoms with Gasteiger partial charge in [-0.1, -0.05) is 13.8 Å². The van der Waals surface area contributed by atoms with Gasteiger partial charge in [0, 0.05) is 31.3 Å². The van der Waals surface area contributed by atoms with Crippen LogP contribution in [0.1, 0.15) is 38.7 Å². The number of hydrogen-bond donors (Lipinski definition) is 2. The molecule has 2 atom stereocenters. The average molecular weight is 383 g/mol. The molecule has 1 saturated heterocycles. The van der Waals surface area contributed by atoms with Gasteiger partial charge in [0.15, 0.2) is 11.5 Å². The average Bonchev–Trinajstić information content (AvgIpc) is 2.63. The fourth-order valence-electron chi connectivity index (χ4n) is 3.67. The van der Waals surface area contributed by atoms with Crippen molar-refractivity contribution < 1.29 is 28.9 Å². The Morgan fingerprint density at radius 1 is 1.33 bits per heavy atom. The van der Waals surface area contributed by atoms with Crippen LogP contribution < -0.4 is 9.47 Å². The summed E-state index contributed by atoms with van der Waals surface area (Å²) in [5, 5.41) is 20.3. The highest BCUT2D eigenvalue weighted by Gasteiger charge is 2.48. The molecule has 1 aromatic carbocycles. The molecule has 0 unspecified atom stereocenters. The van der Waals surface area contributed by atoms with Gasteiger partial charge in [-0.05, 0) is 31.2 Å². The lowest BCUT2D eigenvalue weighted by Gasteiger charge is -2.43. The molecule has 1 aliphatic heterocycles. The number of aliphatic hydroxyl groups excluding tert-OH is 1. The fraction of sp³-hybridized carbons (Fsp3) is 0.650. The minimum atomic E-state index is -1.23. The number of hydrogen-bond acceptors (Lipinski definition) is 5. The molecule has 1 aliphatic rings. The molecule has 1 aromatic rings. The Kier molecular flexibility index (Phi) is 7.06. The second-order valence-electron chi connectivity index (χ2n) is 7.71. The first-order valence-electron chi connectivity index (χ1n) is 9.27. The Bertz CT molecular complexity index is 666. The molecule has 0 radical (unpaired) electrons. The van der Waals surface area contributed by atoms with Crippen LogP contribution >= 0.6 is 0 Å². The number of nitrogens with zero attached hydrogens (tertiary/aromatic N) is 1. The predicted molar refractivity (Wildman–Crippen MR) is 99.5 cm³/mol. The topological polar surface area (TPSA) is 79.2 Å². The van der Waals surface area contributed by atoms with Crippen LogP contribution in [-0.4, -0.2) is 54.5 Å². The normalized spacial score (nSPS) is 23.4. The molecule has 152 valence electrons. The van der Waals surface area contributed by atoms with E-state index in [9.17, 15) is 19.4 Å². The molecular formula is C20H30FNO5. The largest absolute Gasteiger partial charge is 0.493 e. The zero-order valence-electron chi connectivity index (χ0n) is 16.5. The van der Waals surface area contributed by atoms with E-state index < -0.39 is 23.3 Å². The molecule has 0 aliphatic carbocycles. The Morgan fingerprint density at radius 3 is 2.52 bits per heavy atom. The van der Waals surface area contributed by atoms with Gasteiger partial charge in [0.05, 0.1) is 20.3 Å². The van der Waals surface area contributed by atoms with Crippen LogP contribution in [0.25, 0.3) is 0 Å². The molecule has 0 spiro atoms. The van der Waals surface area contributed by atoms with Gasteiger partial charge in [0.2, 0.25) is 0 Å². The SMILES string of the molecule is COc1cc(F)c(CN2CC[C@@H](O)[C@](CCC(C)C)(C(=O)O)C2)cc1OC. The van der Waals surface area contributed by atoms with Crippen LogP contribution in [0.3, 0.4) is 0 Å². The lowest BCUT2D eigenvalue weighted by molar-refractivity contribution is -0.165. The highest BCUT2D eigenvalue weighted by Crippen LogP contribution is 2.38. The first-order chi connectivity index (χ1) is 12.7. The van der Waals surface area contributed by atoms with E-state index in [1.807, 2.05) is 18.7 Å². The number of methoxy groups -OCH3 is 2. The Balaban J connectivity index is 2.23. The number of carboxylic acids is 1. The molecule has 27 heavy (non-hydrogen) atoms. The van der Waals surface area contributed by atoms with Crippen molar-refractivity contribution in [2.45, 2.75) is 45.8 Å². The number of carbonyl (C=O) groups is 1. The zero-order chi connectivity index (χ0) is 20.2. The highest BCUT2D eigenvalue weighted by atomic mass is 19.1. The Labute approximate surface area is 159 Å². The third kappa shape index (κ3) is 4.71. The number of halogens is 1. The van der Waals surface area contributed by atoms with E-state index in [1.165, 1.54) is 20.3 Å². The molecule has 2 rings (SSSR count). The van der Waals surface area contributed by atoms with Gasteiger partial charge in [-0.2, -0.15) is 0 Å². The number of piperidine rings is 1. The number of benzene rings is 1. The van der Waals surface area contributed by atoms with Crippen LogP contribution in [0, 0.1) is 17.2 Å². The van der Waals surface area contributed by atoms with E-state index in [0.717, 1.165) is 0 Å². The molecule has 0 amide bonds. The second kappa shape index (κ2) is 8.89. The quantitative estimate of drug-likeness (QED) is 0.719. The zero-order valence-corrected chi connectivity index (χ0v) is 16.5. The van der Waals surface area contributed by atoms with Crippen LogP contribution in [0.2, 0.25) is 0 Å². The number of ether oxygens (including phenoxy) is 2. The summed E-state index contributed by atoms with van der Waals surface area (Å²) < 4.78 is 24.8. The number of rotatable bonds is 8. The molecular weight excluding hydrogens is 353 g/mol. The van der Waals surface area contributed by atoms with Crippen molar-refractivity contribution in [3.8, 4) is 11.5 Å². The predicted octanol–water partition coefficient (Wildman–Crippen LogP) is 2.92. The summed E-state index contributed by atoms with van der Waals surface area (Å²) in [6, 6.07) is 2.85. The Hall–Kier alpha value is -1.86. The summed E-state index contributed by atoms with van der Waals surface area (Å²) in [5.41, 5.74) is -0.817. The van der Waals surface area contributed by atoms with Gasteiger partial charge < -0.3 is 19.7 Å². The standard InChI is InChI=1S/C20H30FNO5/c1-13(2)5-7-20(19(24)25)12-22(8-6-18(20)23)11-14-9-16(26-3)17(27-4)10-15(14)21/h9-10,13,18,23H,5-8,11-12H2,1-4H3,(H,24,25)/t18-,20-/m1/s1. The van der Waals surface area contributed by atoms with Crippen molar-refractivity contribution in [3.63, 3.8) is 0 Å². The summed E-state index contributed by atoms with van der Waals surface area (Å²) >= 11 is 0. The monoisotopic (exact) mass is 383 g/mol. The molecule has 2 N–H and O–H groups in total. The van der Waals surface area contributed by atoms with Crippen LogP contribution in [0.4, 0.5) is 4.39 Å². The van der Waals surface area contributed by atoms with Gasteiger partial charge in [-0.25, -0.2) is 4.39 Å². The van der Waals surface area contributed by atoms with Gasteiger partial charge in [0.1, 0.15) is 11.2 Å². The van der Waals surface area contributed by atoms with E-state index in [-0.39, 0.29) is 13.1 Å². The first kappa shape index (κ1) is 21.4. The van der Waals surface area contributed by atoms with Crippen molar-refractivity contribution in [1.29, 1.82) is 0 Å². The van der Waals surface area contributed by atoms with Crippen molar-refractivity contribution in [2.24, 2.45) is 11.3 Å². The van der Waals surface area contributed by atoms with Crippen LogP contribution in [0.15, 0.2) is 12.1 Å². The summed E-state index contributed by atoms with van der Waals surface area (Å²) in [6.45, 7) is 4.99. The Morgan fingerprint density at radius 2 is 1.96 bits per heavy atom. The minimum Gasteiger partial charge on any atom is -0.493 e. The van der Waals surface area contributed by atoms with E-state index in [0.29, 0.717) is 48.8 Å². The number of likely N-dealkylation sites (tertiary alicyclic amines) is 1. The maximum Gasteiger partial charge on any atom is 0.313 e. The van der Waals surface area contributed by atoms with Gasteiger partial charge in [-0.3, -0.25) is 9.69 Å². The van der Waals surface area contributed by atoms with Crippen LogP contribution in [0.5, 0.6) is 11.5 Å². The van der Waals surface area contributed by atoms with E-state index in [4.69, 9.17) is 9.47 Å². The molecule has 0 aromatic heterocycles. The maximum atomic E-state index is 14.5.